The van der Waals surface area contributed by atoms with E-state index in [1.165, 1.54) is 18.5 Å². The molecule has 1 N–H and O–H groups in total. The van der Waals surface area contributed by atoms with Gasteiger partial charge in [-0.15, -0.1) is 0 Å². The minimum Gasteiger partial charge on any atom is -0.389 e. The molecule has 0 fully saturated rings. The van der Waals surface area contributed by atoms with Crippen LogP contribution in [0.25, 0.3) is 0 Å². The molecule has 0 aliphatic heterocycles. The molecule has 1 rings (SSSR count). The second-order valence-corrected chi connectivity index (χ2v) is 5.04. The number of aliphatic hydroxyl groups is 1. The fraction of sp³-hybridized carbons (Fsp3) is 0.625. The van der Waals surface area contributed by atoms with E-state index < -0.39 is 6.10 Å². The van der Waals surface area contributed by atoms with Gasteiger partial charge in [-0.25, -0.2) is 0 Å². The highest BCUT2D eigenvalue weighted by atomic mass is 16.3. The van der Waals surface area contributed by atoms with Gasteiger partial charge in [0, 0.05) is 23.8 Å². The first-order valence-electron chi connectivity index (χ1n) is 7.15. The maximum atomic E-state index is 9.91. The fourth-order valence-corrected chi connectivity index (χ4v) is 2.23. The highest BCUT2D eigenvalue weighted by molar-refractivity contribution is 5.55. The summed E-state index contributed by atoms with van der Waals surface area (Å²) in [6.07, 6.45) is 3.11. The predicted molar refractivity (Wildman–Crippen MR) is 79.1 cm³/mol. The van der Waals surface area contributed by atoms with Crippen LogP contribution in [0, 0.1) is 0 Å². The molecule has 2 heteroatoms. The van der Waals surface area contributed by atoms with Crippen LogP contribution in [0.1, 0.15) is 58.6 Å². The first-order valence-corrected chi connectivity index (χ1v) is 7.15. The summed E-state index contributed by atoms with van der Waals surface area (Å²) >= 11 is 0. The second-order valence-electron chi connectivity index (χ2n) is 5.04. The van der Waals surface area contributed by atoms with Crippen LogP contribution in [-0.4, -0.2) is 17.7 Å². The van der Waals surface area contributed by atoms with Crippen LogP contribution in [-0.2, 0) is 0 Å². The number of nitrogens with zero attached hydrogens (tertiary/aromatic N) is 1. The zero-order valence-corrected chi connectivity index (χ0v) is 12.2. The van der Waals surface area contributed by atoms with Crippen molar-refractivity contribution in [3.05, 3.63) is 29.8 Å². The Bertz CT molecular complexity index is 349. The van der Waals surface area contributed by atoms with Crippen molar-refractivity contribution in [3.8, 4) is 0 Å². The maximum Gasteiger partial charge on any atom is 0.0781 e. The normalized spacial score (nSPS) is 14.3. The Morgan fingerprint density at radius 1 is 1.17 bits per heavy atom. The molecule has 18 heavy (non-hydrogen) atoms. The molecule has 0 saturated carbocycles. The van der Waals surface area contributed by atoms with Gasteiger partial charge >= 0.3 is 0 Å². The van der Waals surface area contributed by atoms with Crippen molar-refractivity contribution in [3.63, 3.8) is 0 Å². The standard InChI is InChI=1S/C16H27NO/c1-5-7-12-17(13(3)6-2)16-11-9-8-10-15(16)14(4)18/h8-11,13-14,18H,5-7,12H2,1-4H3/t13?,14-/m1/s1. The number of hydrogen-bond donors (Lipinski definition) is 1. The highest BCUT2D eigenvalue weighted by Crippen LogP contribution is 2.28. The van der Waals surface area contributed by atoms with Gasteiger partial charge < -0.3 is 10.0 Å². The molecule has 2 nitrogen and oxygen atoms in total. The second kappa shape index (κ2) is 7.42. The van der Waals surface area contributed by atoms with Gasteiger partial charge in [0.15, 0.2) is 0 Å². The quantitative estimate of drug-likeness (QED) is 0.785. The molecule has 0 radical (unpaired) electrons. The maximum absolute atomic E-state index is 9.91. The van der Waals surface area contributed by atoms with E-state index >= 15 is 0 Å². The summed E-state index contributed by atoms with van der Waals surface area (Å²) in [7, 11) is 0. The average Bonchev–Trinajstić information content (AvgIpc) is 2.39. The number of unbranched alkanes of at least 4 members (excludes halogenated alkanes) is 1. The van der Waals surface area contributed by atoms with E-state index in [2.05, 4.69) is 37.8 Å². The van der Waals surface area contributed by atoms with E-state index in [0.717, 1.165) is 18.5 Å². The van der Waals surface area contributed by atoms with Crippen molar-refractivity contribution < 1.29 is 5.11 Å². The zero-order chi connectivity index (χ0) is 13.5. The van der Waals surface area contributed by atoms with E-state index in [0.29, 0.717) is 6.04 Å². The molecular formula is C16H27NO. The summed E-state index contributed by atoms with van der Waals surface area (Å²) in [5, 5.41) is 9.91. The first kappa shape index (κ1) is 15.0. The van der Waals surface area contributed by atoms with Crippen LogP contribution in [0.3, 0.4) is 0 Å². The average molecular weight is 249 g/mol. The van der Waals surface area contributed by atoms with Crippen LogP contribution in [0.4, 0.5) is 5.69 Å². The lowest BCUT2D eigenvalue weighted by Gasteiger charge is -2.33. The van der Waals surface area contributed by atoms with Gasteiger partial charge in [-0.2, -0.15) is 0 Å². The van der Waals surface area contributed by atoms with Crippen LogP contribution in [0.15, 0.2) is 24.3 Å². The largest absolute Gasteiger partial charge is 0.389 e. The SMILES string of the molecule is CCCCN(c1ccccc1[C@@H](C)O)C(C)CC. The smallest absolute Gasteiger partial charge is 0.0781 e. The molecule has 0 aliphatic rings. The number of aliphatic hydroxyl groups excluding tert-OH is 1. The molecule has 0 aromatic heterocycles. The third-order valence-corrected chi connectivity index (χ3v) is 3.57. The Morgan fingerprint density at radius 2 is 1.83 bits per heavy atom. The number of hydrogen-bond acceptors (Lipinski definition) is 2. The van der Waals surface area contributed by atoms with Crippen molar-refractivity contribution in [2.45, 2.75) is 59.1 Å². The molecule has 2 atom stereocenters. The molecular weight excluding hydrogens is 222 g/mol. The van der Waals surface area contributed by atoms with Gasteiger partial charge in [-0.05, 0) is 32.8 Å². The Morgan fingerprint density at radius 3 is 2.39 bits per heavy atom. The monoisotopic (exact) mass is 249 g/mol. The minimum absolute atomic E-state index is 0.408. The van der Waals surface area contributed by atoms with Gasteiger partial charge in [0.1, 0.15) is 0 Å². The van der Waals surface area contributed by atoms with E-state index in [4.69, 9.17) is 0 Å². The minimum atomic E-state index is -0.408. The lowest BCUT2D eigenvalue weighted by atomic mass is 10.0. The summed E-state index contributed by atoms with van der Waals surface area (Å²) < 4.78 is 0. The lowest BCUT2D eigenvalue weighted by Crippen LogP contribution is -2.34. The summed E-state index contributed by atoms with van der Waals surface area (Å²) in [5.74, 6) is 0. The van der Waals surface area contributed by atoms with Crippen LogP contribution in [0.2, 0.25) is 0 Å². The molecule has 0 amide bonds. The van der Waals surface area contributed by atoms with E-state index in [-0.39, 0.29) is 0 Å². The number of rotatable bonds is 7. The zero-order valence-electron chi connectivity index (χ0n) is 12.2. The molecule has 0 heterocycles. The molecule has 0 spiro atoms. The third-order valence-electron chi connectivity index (χ3n) is 3.57. The number of para-hydroxylation sites is 1. The Kier molecular flexibility index (Phi) is 6.20. The molecule has 0 bridgehead atoms. The Balaban J connectivity index is 3.03. The van der Waals surface area contributed by atoms with Crippen LogP contribution in [0.5, 0.6) is 0 Å². The lowest BCUT2D eigenvalue weighted by molar-refractivity contribution is 0.199. The van der Waals surface area contributed by atoms with Crippen molar-refractivity contribution in [1.29, 1.82) is 0 Å². The molecule has 1 unspecified atom stereocenters. The summed E-state index contributed by atoms with van der Waals surface area (Å²) in [6, 6.07) is 8.73. The van der Waals surface area contributed by atoms with E-state index in [1.54, 1.807) is 0 Å². The summed E-state index contributed by atoms with van der Waals surface area (Å²) in [5.41, 5.74) is 2.23. The van der Waals surface area contributed by atoms with Gasteiger partial charge in [-0.1, -0.05) is 38.5 Å². The molecule has 0 aliphatic carbocycles. The van der Waals surface area contributed by atoms with Gasteiger partial charge in [-0.3, -0.25) is 0 Å². The Labute approximate surface area is 112 Å². The van der Waals surface area contributed by atoms with Crippen LogP contribution < -0.4 is 4.90 Å². The van der Waals surface area contributed by atoms with Crippen molar-refractivity contribution >= 4 is 5.69 Å². The van der Waals surface area contributed by atoms with Gasteiger partial charge in [0.25, 0.3) is 0 Å². The molecule has 1 aromatic carbocycles. The van der Waals surface area contributed by atoms with Crippen molar-refractivity contribution in [2.75, 3.05) is 11.4 Å². The summed E-state index contributed by atoms with van der Waals surface area (Å²) in [6.45, 7) is 9.60. The predicted octanol–water partition coefficient (Wildman–Crippen LogP) is 4.14. The third kappa shape index (κ3) is 3.74. The first-order chi connectivity index (χ1) is 8.61. The van der Waals surface area contributed by atoms with Gasteiger partial charge in [0.05, 0.1) is 6.10 Å². The molecule has 0 saturated heterocycles. The fourth-order valence-electron chi connectivity index (χ4n) is 2.23. The van der Waals surface area contributed by atoms with E-state index in [9.17, 15) is 5.11 Å². The Hall–Kier alpha value is -1.02. The van der Waals surface area contributed by atoms with Crippen molar-refractivity contribution in [2.24, 2.45) is 0 Å². The van der Waals surface area contributed by atoms with Gasteiger partial charge in [0.2, 0.25) is 0 Å². The topological polar surface area (TPSA) is 23.5 Å². The van der Waals surface area contributed by atoms with E-state index in [1.807, 2.05) is 19.1 Å². The molecule has 1 aromatic rings. The number of anilines is 1. The number of benzene rings is 1. The summed E-state index contributed by atoms with van der Waals surface area (Å²) in [4.78, 5) is 2.44. The highest BCUT2D eigenvalue weighted by Gasteiger charge is 2.17. The molecule has 102 valence electrons. The van der Waals surface area contributed by atoms with Crippen molar-refractivity contribution in [1.82, 2.24) is 0 Å². The van der Waals surface area contributed by atoms with Crippen LogP contribution >= 0.6 is 0 Å².